The minimum atomic E-state index is 0.310. The summed E-state index contributed by atoms with van der Waals surface area (Å²) in [5, 5.41) is 0. The fraction of sp³-hybridized carbons (Fsp3) is 0.600. The van der Waals surface area contributed by atoms with Crippen LogP contribution in [0.25, 0.3) is 0 Å². The Morgan fingerprint density at radius 1 is 1.32 bits per heavy atom. The van der Waals surface area contributed by atoms with E-state index in [1.165, 1.54) is 0 Å². The second-order valence-corrected chi connectivity index (χ2v) is 5.22. The van der Waals surface area contributed by atoms with Crippen LogP contribution in [-0.2, 0) is 11.3 Å². The van der Waals surface area contributed by atoms with Gasteiger partial charge in [-0.05, 0) is 31.5 Å². The number of nitrogens with zero attached hydrogens (tertiary/aromatic N) is 1. The van der Waals surface area contributed by atoms with Gasteiger partial charge in [-0.2, -0.15) is 0 Å². The Bertz CT molecular complexity index is 387. The molecular weight excluding hydrogens is 240 g/mol. The average Bonchev–Trinajstić information content (AvgIpc) is 2.38. The van der Waals surface area contributed by atoms with Crippen molar-refractivity contribution in [1.82, 2.24) is 4.90 Å². The summed E-state index contributed by atoms with van der Waals surface area (Å²) in [6, 6.07) is 7.98. The summed E-state index contributed by atoms with van der Waals surface area (Å²) in [7, 11) is 0. The van der Waals surface area contributed by atoms with E-state index < -0.39 is 0 Å². The van der Waals surface area contributed by atoms with Gasteiger partial charge in [-0.3, -0.25) is 4.90 Å². The maximum Gasteiger partial charge on any atom is 0.119 e. The lowest BCUT2D eigenvalue weighted by molar-refractivity contribution is -0.0699. The number of morpholine rings is 1. The average molecular weight is 264 g/mol. The van der Waals surface area contributed by atoms with E-state index in [2.05, 4.69) is 18.7 Å². The number of hydrogen-bond donors (Lipinski definition) is 1. The molecule has 4 heteroatoms. The third-order valence-electron chi connectivity index (χ3n) is 3.31. The molecule has 0 unspecified atom stereocenters. The normalized spacial score (nSPS) is 24.4. The van der Waals surface area contributed by atoms with E-state index in [0.717, 1.165) is 30.9 Å². The van der Waals surface area contributed by atoms with Crippen molar-refractivity contribution in [3.05, 3.63) is 29.8 Å². The van der Waals surface area contributed by atoms with Crippen LogP contribution in [0.2, 0.25) is 0 Å². The Hall–Kier alpha value is -1.10. The smallest absolute Gasteiger partial charge is 0.119 e. The molecule has 0 radical (unpaired) electrons. The summed E-state index contributed by atoms with van der Waals surface area (Å²) in [4.78, 5) is 2.39. The third kappa shape index (κ3) is 4.49. The maximum absolute atomic E-state index is 5.78. The van der Waals surface area contributed by atoms with Crippen molar-refractivity contribution >= 4 is 0 Å². The monoisotopic (exact) mass is 264 g/mol. The summed E-state index contributed by atoms with van der Waals surface area (Å²) in [6.07, 6.45) is 0.619. The molecule has 0 aliphatic carbocycles. The standard InChI is InChI=1S/C15H24N2O2/c1-12-10-17(11-13(2)19-12)6-7-18-15-5-3-4-14(8-15)9-16/h3-5,8,12-13H,6-7,9-11,16H2,1-2H3/t12-,13+. The van der Waals surface area contributed by atoms with E-state index in [0.29, 0.717) is 25.4 Å². The summed E-state index contributed by atoms with van der Waals surface area (Å²) >= 11 is 0. The van der Waals surface area contributed by atoms with Crippen LogP contribution in [0.1, 0.15) is 19.4 Å². The quantitative estimate of drug-likeness (QED) is 0.878. The van der Waals surface area contributed by atoms with Crippen LogP contribution in [0.5, 0.6) is 5.75 Å². The zero-order valence-corrected chi connectivity index (χ0v) is 11.8. The molecule has 2 rings (SSSR count). The summed E-state index contributed by atoms with van der Waals surface area (Å²) in [5.74, 6) is 0.900. The molecule has 0 saturated carbocycles. The second-order valence-electron chi connectivity index (χ2n) is 5.22. The van der Waals surface area contributed by atoms with Crippen molar-refractivity contribution in [1.29, 1.82) is 0 Å². The second kappa shape index (κ2) is 6.89. The fourth-order valence-corrected chi connectivity index (χ4v) is 2.52. The molecule has 1 saturated heterocycles. The van der Waals surface area contributed by atoms with Crippen LogP contribution >= 0.6 is 0 Å². The molecule has 0 aromatic heterocycles. The van der Waals surface area contributed by atoms with E-state index in [1.54, 1.807) is 0 Å². The Morgan fingerprint density at radius 2 is 2.05 bits per heavy atom. The van der Waals surface area contributed by atoms with Gasteiger partial charge in [-0.15, -0.1) is 0 Å². The Balaban J connectivity index is 1.76. The molecule has 4 nitrogen and oxygen atoms in total. The van der Waals surface area contributed by atoms with Crippen molar-refractivity contribution in [3.63, 3.8) is 0 Å². The molecule has 1 aromatic carbocycles. The SMILES string of the molecule is C[C@@H]1CN(CCOc2cccc(CN)c2)C[C@H](C)O1. The third-order valence-corrected chi connectivity index (χ3v) is 3.31. The number of nitrogens with two attached hydrogens (primary N) is 1. The number of rotatable bonds is 5. The summed E-state index contributed by atoms with van der Waals surface area (Å²) in [5.41, 5.74) is 6.72. The van der Waals surface area contributed by atoms with E-state index >= 15 is 0 Å². The van der Waals surface area contributed by atoms with E-state index in [-0.39, 0.29) is 0 Å². The van der Waals surface area contributed by atoms with Gasteiger partial charge in [0.05, 0.1) is 12.2 Å². The van der Waals surface area contributed by atoms with Gasteiger partial charge in [0.1, 0.15) is 12.4 Å². The molecule has 1 aromatic rings. The van der Waals surface area contributed by atoms with Crippen molar-refractivity contribution in [2.75, 3.05) is 26.2 Å². The lowest BCUT2D eigenvalue weighted by Gasteiger charge is -2.35. The molecular formula is C15H24N2O2. The Kier molecular flexibility index (Phi) is 5.19. The highest BCUT2D eigenvalue weighted by Crippen LogP contribution is 2.14. The molecule has 1 aliphatic rings. The lowest BCUT2D eigenvalue weighted by atomic mass is 10.2. The van der Waals surface area contributed by atoms with Gasteiger partial charge >= 0.3 is 0 Å². The molecule has 1 fully saturated rings. The minimum Gasteiger partial charge on any atom is -0.492 e. The van der Waals surface area contributed by atoms with Crippen LogP contribution in [-0.4, -0.2) is 43.3 Å². The maximum atomic E-state index is 5.78. The van der Waals surface area contributed by atoms with Gasteiger partial charge in [-0.1, -0.05) is 12.1 Å². The molecule has 0 bridgehead atoms. The summed E-state index contributed by atoms with van der Waals surface area (Å²) < 4.78 is 11.5. The van der Waals surface area contributed by atoms with Crippen molar-refractivity contribution < 1.29 is 9.47 Å². The molecule has 0 amide bonds. The molecule has 1 heterocycles. The predicted molar refractivity (Wildman–Crippen MR) is 76.3 cm³/mol. The van der Waals surface area contributed by atoms with Crippen LogP contribution in [0.4, 0.5) is 0 Å². The van der Waals surface area contributed by atoms with Gasteiger partial charge in [0.2, 0.25) is 0 Å². The first-order valence-corrected chi connectivity index (χ1v) is 6.97. The zero-order valence-electron chi connectivity index (χ0n) is 11.8. The first-order valence-electron chi connectivity index (χ1n) is 6.97. The predicted octanol–water partition coefficient (Wildman–Crippen LogP) is 1.63. The molecule has 2 N–H and O–H groups in total. The van der Waals surface area contributed by atoms with Crippen LogP contribution in [0.15, 0.2) is 24.3 Å². The topological polar surface area (TPSA) is 47.7 Å². The minimum absolute atomic E-state index is 0.310. The Labute approximate surface area is 115 Å². The molecule has 106 valence electrons. The van der Waals surface area contributed by atoms with Gasteiger partial charge in [0, 0.05) is 26.2 Å². The Morgan fingerprint density at radius 3 is 2.74 bits per heavy atom. The van der Waals surface area contributed by atoms with E-state index in [1.807, 2.05) is 24.3 Å². The van der Waals surface area contributed by atoms with E-state index in [4.69, 9.17) is 15.2 Å². The van der Waals surface area contributed by atoms with Crippen LogP contribution in [0, 0.1) is 0 Å². The van der Waals surface area contributed by atoms with Crippen LogP contribution in [0.3, 0.4) is 0 Å². The summed E-state index contributed by atoms with van der Waals surface area (Å²) in [6.45, 7) is 8.39. The largest absolute Gasteiger partial charge is 0.492 e. The van der Waals surface area contributed by atoms with Gasteiger partial charge < -0.3 is 15.2 Å². The van der Waals surface area contributed by atoms with Crippen molar-refractivity contribution in [2.45, 2.75) is 32.6 Å². The zero-order chi connectivity index (χ0) is 13.7. The number of benzene rings is 1. The highest BCUT2D eigenvalue weighted by atomic mass is 16.5. The molecule has 2 atom stereocenters. The number of ether oxygens (including phenoxy) is 2. The van der Waals surface area contributed by atoms with Gasteiger partial charge in [0.15, 0.2) is 0 Å². The number of hydrogen-bond acceptors (Lipinski definition) is 4. The van der Waals surface area contributed by atoms with E-state index in [9.17, 15) is 0 Å². The first-order chi connectivity index (χ1) is 9.17. The highest BCUT2D eigenvalue weighted by molar-refractivity contribution is 5.28. The van der Waals surface area contributed by atoms with Gasteiger partial charge in [0.25, 0.3) is 0 Å². The fourth-order valence-electron chi connectivity index (χ4n) is 2.52. The molecule has 19 heavy (non-hydrogen) atoms. The van der Waals surface area contributed by atoms with Crippen LogP contribution < -0.4 is 10.5 Å². The first kappa shape index (κ1) is 14.3. The van der Waals surface area contributed by atoms with Gasteiger partial charge in [-0.25, -0.2) is 0 Å². The molecule has 0 spiro atoms. The molecule has 1 aliphatic heterocycles. The lowest BCUT2D eigenvalue weighted by Crippen LogP contribution is -2.46. The van der Waals surface area contributed by atoms with Crippen molar-refractivity contribution in [2.24, 2.45) is 5.73 Å². The van der Waals surface area contributed by atoms with Crippen molar-refractivity contribution in [3.8, 4) is 5.75 Å². The highest BCUT2D eigenvalue weighted by Gasteiger charge is 2.21.